The molecule has 7 heteroatoms. The Morgan fingerprint density at radius 3 is 2.71 bits per heavy atom. The fourth-order valence-electron chi connectivity index (χ4n) is 1.64. The Morgan fingerprint density at radius 2 is 2.10 bits per heavy atom. The minimum Gasteiger partial charge on any atom is -0.493 e. The van der Waals surface area contributed by atoms with Crippen molar-refractivity contribution in [2.24, 2.45) is 0 Å². The van der Waals surface area contributed by atoms with Crippen LogP contribution in [0.15, 0.2) is 42.7 Å². The zero-order valence-electron chi connectivity index (χ0n) is 11.0. The number of amides is 1. The van der Waals surface area contributed by atoms with Gasteiger partial charge in [0, 0.05) is 11.8 Å². The highest BCUT2D eigenvalue weighted by Gasteiger charge is 2.14. The van der Waals surface area contributed by atoms with Crippen molar-refractivity contribution in [1.29, 1.82) is 0 Å². The Morgan fingerprint density at radius 1 is 1.29 bits per heavy atom. The number of carbonyl (C=O) groups is 1. The minimum atomic E-state index is -2.96. The second-order valence-corrected chi connectivity index (χ2v) is 3.94. The average molecular weight is 294 g/mol. The molecule has 0 saturated heterocycles. The third-order valence-corrected chi connectivity index (χ3v) is 2.56. The summed E-state index contributed by atoms with van der Waals surface area (Å²) in [7, 11) is 1.30. The first-order valence-corrected chi connectivity index (χ1v) is 5.94. The van der Waals surface area contributed by atoms with E-state index in [1.54, 1.807) is 18.3 Å². The molecule has 0 aliphatic carbocycles. The van der Waals surface area contributed by atoms with Crippen LogP contribution in [0.5, 0.6) is 11.5 Å². The number of benzene rings is 1. The van der Waals surface area contributed by atoms with Gasteiger partial charge in [0.1, 0.15) is 0 Å². The van der Waals surface area contributed by atoms with E-state index in [-0.39, 0.29) is 17.1 Å². The average Bonchev–Trinajstić information content (AvgIpc) is 2.48. The molecule has 0 fully saturated rings. The maximum Gasteiger partial charge on any atom is 0.387 e. The normalized spacial score (nSPS) is 10.3. The zero-order valence-corrected chi connectivity index (χ0v) is 11.0. The molecule has 0 aliphatic rings. The van der Waals surface area contributed by atoms with Crippen molar-refractivity contribution in [3.05, 3.63) is 48.3 Å². The second-order valence-electron chi connectivity index (χ2n) is 3.94. The third kappa shape index (κ3) is 3.88. The molecule has 0 spiro atoms. The van der Waals surface area contributed by atoms with E-state index >= 15 is 0 Å². The summed E-state index contributed by atoms with van der Waals surface area (Å²) in [6.07, 6.45) is 3.07. The molecular weight excluding hydrogens is 282 g/mol. The summed E-state index contributed by atoms with van der Waals surface area (Å²) >= 11 is 0. The lowest BCUT2D eigenvalue weighted by atomic mass is 10.2. The minimum absolute atomic E-state index is 0.0501. The lowest BCUT2D eigenvalue weighted by Crippen LogP contribution is -2.12. The van der Waals surface area contributed by atoms with Crippen LogP contribution in [0.2, 0.25) is 0 Å². The van der Waals surface area contributed by atoms with Gasteiger partial charge in [-0.1, -0.05) is 0 Å². The first kappa shape index (κ1) is 14.7. The van der Waals surface area contributed by atoms with Gasteiger partial charge in [0.25, 0.3) is 5.91 Å². The Hall–Kier alpha value is -2.70. The van der Waals surface area contributed by atoms with E-state index in [0.717, 1.165) is 0 Å². The predicted octanol–water partition coefficient (Wildman–Crippen LogP) is 2.94. The number of carbonyl (C=O) groups excluding carboxylic acids is 1. The number of nitrogens with one attached hydrogen (secondary N) is 1. The molecule has 21 heavy (non-hydrogen) atoms. The number of nitrogens with zero attached hydrogens (tertiary/aromatic N) is 1. The van der Waals surface area contributed by atoms with Gasteiger partial charge in [-0.05, 0) is 30.3 Å². The van der Waals surface area contributed by atoms with Gasteiger partial charge >= 0.3 is 6.61 Å². The molecule has 2 aromatic rings. The van der Waals surface area contributed by atoms with Crippen molar-refractivity contribution in [2.75, 3.05) is 12.4 Å². The van der Waals surface area contributed by atoms with Gasteiger partial charge < -0.3 is 14.8 Å². The quantitative estimate of drug-likeness (QED) is 0.921. The van der Waals surface area contributed by atoms with Crippen LogP contribution in [-0.2, 0) is 0 Å². The van der Waals surface area contributed by atoms with E-state index in [4.69, 9.17) is 4.74 Å². The van der Waals surface area contributed by atoms with Crippen LogP contribution in [0.1, 0.15) is 10.4 Å². The van der Waals surface area contributed by atoms with Crippen LogP contribution in [0.25, 0.3) is 0 Å². The number of rotatable bonds is 5. The Kier molecular flexibility index (Phi) is 4.65. The number of aromatic nitrogens is 1. The molecule has 0 radical (unpaired) electrons. The summed E-state index contributed by atoms with van der Waals surface area (Å²) in [6.45, 7) is -2.96. The molecule has 1 heterocycles. The van der Waals surface area contributed by atoms with Gasteiger partial charge in [0.05, 0.1) is 19.0 Å². The van der Waals surface area contributed by atoms with Gasteiger partial charge in [-0.25, -0.2) is 0 Å². The van der Waals surface area contributed by atoms with Crippen molar-refractivity contribution < 1.29 is 23.0 Å². The summed E-state index contributed by atoms with van der Waals surface area (Å²) < 4.78 is 33.7. The van der Waals surface area contributed by atoms with Gasteiger partial charge in [-0.3, -0.25) is 9.78 Å². The molecule has 5 nitrogen and oxygen atoms in total. The van der Waals surface area contributed by atoms with Crippen molar-refractivity contribution >= 4 is 11.6 Å². The molecule has 0 aliphatic heterocycles. The number of hydrogen-bond donors (Lipinski definition) is 1. The smallest absolute Gasteiger partial charge is 0.387 e. The van der Waals surface area contributed by atoms with Crippen molar-refractivity contribution in [2.45, 2.75) is 6.61 Å². The number of pyridine rings is 1. The number of hydrogen-bond acceptors (Lipinski definition) is 4. The van der Waals surface area contributed by atoms with Crippen molar-refractivity contribution in [3.8, 4) is 11.5 Å². The van der Waals surface area contributed by atoms with Crippen LogP contribution >= 0.6 is 0 Å². The first-order chi connectivity index (χ1) is 10.1. The topological polar surface area (TPSA) is 60.5 Å². The molecule has 0 atom stereocenters. The van der Waals surface area contributed by atoms with Gasteiger partial charge in [0.15, 0.2) is 11.5 Å². The molecule has 1 aromatic heterocycles. The van der Waals surface area contributed by atoms with Crippen LogP contribution in [-0.4, -0.2) is 24.6 Å². The summed E-state index contributed by atoms with van der Waals surface area (Å²) in [5, 5.41) is 2.62. The predicted molar refractivity (Wildman–Crippen MR) is 71.8 cm³/mol. The van der Waals surface area contributed by atoms with Crippen LogP contribution < -0.4 is 14.8 Å². The summed E-state index contributed by atoms with van der Waals surface area (Å²) in [5.41, 5.74) is 0.770. The van der Waals surface area contributed by atoms with Crippen molar-refractivity contribution in [1.82, 2.24) is 4.98 Å². The number of alkyl halides is 2. The van der Waals surface area contributed by atoms with Crippen LogP contribution in [0.4, 0.5) is 14.5 Å². The largest absolute Gasteiger partial charge is 0.493 e. The van der Waals surface area contributed by atoms with Gasteiger partial charge in [-0.15, -0.1) is 0 Å². The SMILES string of the molecule is COc1cc(C(=O)Nc2cccnc2)ccc1OC(F)F. The summed E-state index contributed by atoms with van der Waals surface area (Å²) in [4.78, 5) is 15.9. The monoisotopic (exact) mass is 294 g/mol. The summed E-state index contributed by atoms with van der Waals surface area (Å²) in [5.74, 6) is -0.496. The Labute approximate surface area is 119 Å². The van der Waals surface area contributed by atoms with E-state index in [0.29, 0.717) is 5.69 Å². The highest BCUT2D eigenvalue weighted by Crippen LogP contribution is 2.29. The number of halogens is 2. The second kappa shape index (κ2) is 6.65. The maximum atomic E-state index is 12.2. The van der Waals surface area contributed by atoms with Crippen LogP contribution in [0, 0.1) is 0 Å². The molecule has 2 rings (SSSR count). The lowest BCUT2D eigenvalue weighted by molar-refractivity contribution is -0.0512. The highest BCUT2D eigenvalue weighted by molar-refractivity contribution is 6.04. The van der Waals surface area contributed by atoms with Crippen LogP contribution in [0.3, 0.4) is 0 Å². The highest BCUT2D eigenvalue weighted by atomic mass is 19.3. The standard InChI is InChI=1S/C14H12F2N2O3/c1-20-12-7-9(4-5-11(12)21-14(15)16)13(19)18-10-3-2-6-17-8-10/h2-8,14H,1H3,(H,18,19). The van der Waals surface area contributed by atoms with E-state index in [2.05, 4.69) is 15.0 Å². The fraction of sp³-hybridized carbons (Fsp3) is 0.143. The maximum absolute atomic E-state index is 12.2. The van der Waals surface area contributed by atoms with E-state index in [1.807, 2.05) is 0 Å². The lowest BCUT2D eigenvalue weighted by Gasteiger charge is -2.11. The molecule has 110 valence electrons. The third-order valence-electron chi connectivity index (χ3n) is 2.56. The number of ether oxygens (including phenoxy) is 2. The molecule has 0 unspecified atom stereocenters. The fourth-order valence-corrected chi connectivity index (χ4v) is 1.64. The van der Waals surface area contributed by atoms with E-state index in [9.17, 15) is 13.6 Å². The van der Waals surface area contributed by atoms with Gasteiger partial charge in [0.2, 0.25) is 0 Å². The molecule has 1 aromatic carbocycles. The molecule has 1 N–H and O–H groups in total. The Bertz CT molecular complexity index is 621. The summed E-state index contributed by atoms with van der Waals surface area (Å²) in [6, 6.07) is 7.30. The van der Waals surface area contributed by atoms with Gasteiger partial charge in [-0.2, -0.15) is 8.78 Å². The Balaban J connectivity index is 2.18. The molecule has 0 bridgehead atoms. The molecule has 1 amide bonds. The number of anilines is 1. The molecule has 0 saturated carbocycles. The first-order valence-electron chi connectivity index (χ1n) is 5.94. The molecular formula is C14H12F2N2O3. The zero-order chi connectivity index (χ0) is 15.2. The van der Waals surface area contributed by atoms with Crippen molar-refractivity contribution in [3.63, 3.8) is 0 Å². The van der Waals surface area contributed by atoms with E-state index in [1.165, 1.54) is 31.5 Å². The van der Waals surface area contributed by atoms with E-state index < -0.39 is 12.5 Å². The number of methoxy groups -OCH3 is 1.